The fourth-order valence-corrected chi connectivity index (χ4v) is 3.12. The number of imidazole rings is 1. The fraction of sp³-hybridized carbons (Fsp3) is 0.286. The third-order valence-corrected chi connectivity index (χ3v) is 4.38. The molecule has 2 heterocycles. The topological polar surface area (TPSA) is 47.1 Å². The molecule has 1 fully saturated rings. The maximum absolute atomic E-state index is 5.64. The van der Waals surface area contributed by atoms with Crippen LogP contribution in [0.2, 0.25) is 0 Å². The number of aromatic amines is 1. The van der Waals surface area contributed by atoms with Crippen LogP contribution >= 0.6 is 0 Å². The van der Waals surface area contributed by atoms with Crippen molar-refractivity contribution in [1.29, 1.82) is 0 Å². The zero-order valence-corrected chi connectivity index (χ0v) is 14.2. The lowest BCUT2D eigenvalue weighted by Gasteiger charge is -2.22. The van der Waals surface area contributed by atoms with Gasteiger partial charge in [-0.2, -0.15) is 0 Å². The molecule has 3 aromatic rings. The lowest BCUT2D eigenvalue weighted by molar-refractivity contribution is -0.180. The zero-order valence-electron chi connectivity index (χ0n) is 14.2. The van der Waals surface area contributed by atoms with Crippen molar-refractivity contribution in [2.24, 2.45) is 0 Å². The van der Waals surface area contributed by atoms with Crippen molar-refractivity contribution < 1.29 is 9.47 Å². The SMILES string of the molecule is c1ccc(-c2nc(CCC3OCCCO3)[nH]c2-c2ccccc2)cc1. The van der Waals surface area contributed by atoms with Gasteiger partial charge in [0.15, 0.2) is 6.29 Å². The molecular formula is C21H22N2O2. The van der Waals surface area contributed by atoms with Crippen molar-refractivity contribution in [3.8, 4) is 22.5 Å². The minimum Gasteiger partial charge on any atom is -0.353 e. The summed E-state index contributed by atoms with van der Waals surface area (Å²) in [5, 5.41) is 0. The summed E-state index contributed by atoms with van der Waals surface area (Å²) in [6.45, 7) is 1.57. The number of rotatable bonds is 5. The van der Waals surface area contributed by atoms with Gasteiger partial charge in [0.2, 0.25) is 0 Å². The van der Waals surface area contributed by atoms with E-state index in [0.717, 1.165) is 60.8 Å². The number of hydrogen-bond acceptors (Lipinski definition) is 3. The van der Waals surface area contributed by atoms with Crippen molar-refractivity contribution >= 4 is 0 Å². The van der Waals surface area contributed by atoms with E-state index < -0.39 is 0 Å². The number of aromatic nitrogens is 2. The molecule has 0 saturated carbocycles. The number of ether oxygens (including phenoxy) is 2. The monoisotopic (exact) mass is 334 g/mol. The second-order valence-corrected chi connectivity index (χ2v) is 6.20. The summed E-state index contributed by atoms with van der Waals surface area (Å²) < 4.78 is 11.3. The van der Waals surface area contributed by atoms with Gasteiger partial charge in [0, 0.05) is 24.0 Å². The zero-order chi connectivity index (χ0) is 16.9. The first kappa shape index (κ1) is 16.1. The molecular weight excluding hydrogens is 312 g/mol. The van der Waals surface area contributed by atoms with Crippen LogP contribution in [-0.4, -0.2) is 29.5 Å². The lowest BCUT2D eigenvalue weighted by Crippen LogP contribution is -2.25. The highest BCUT2D eigenvalue weighted by molar-refractivity contribution is 5.78. The molecule has 0 atom stereocenters. The van der Waals surface area contributed by atoms with Gasteiger partial charge >= 0.3 is 0 Å². The third-order valence-electron chi connectivity index (χ3n) is 4.38. The summed E-state index contributed by atoms with van der Waals surface area (Å²) in [5.74, 6) is 0.968. The van der Waals surface area contributed by atoms with Gasteiger partial charge in [-0.05, 0) is 6.42 Å². The number of hydrogen-bond donors (Lipinski definition) is 1. The summed E-state index contributed by atoms with van der Waals surface area (Å²) in [6, 6.07) is 20.7. The quantitative estimate of drug-likeness (QED) is 0.750. The molecule has 1 N–H and O–H groups in total. The standard InChI is InChI=1S/C21H22N2O2/c1-3-8-16(9-4-1)20-21(17-10-5-2-6-11-17)23-18(22-20)12-13-19-24-14-7-15-25-19/h1-6,8-11,19H,7,12-15H2,(H,22,23). The Morgan fingerprint density at radius 3 is 2.20 bits per heavy atom. The van der Waals surface area contributed by atoms with Crippen LogP contribution in [0.15, 0.2) is 60.7 Å². The average Bonchev–Trinajstić information content (AvgIpc) is 3.13. The summed E-state index contributed by atoms with van der Waals surface area (Å²) in [4.78, 5) is 8.39. The Morgan fingerprint density at radius 1 is 0.880 bits per heavy atom. The maximum atomic E-state index is 5.64. The number of H-pyrrole nitrogens is 1. The Labute approximate surface area is 147 Å². The summed E-state index contributed by atoms with van der Waals surface area (Å²) >= 11 is 0. The molecule has 2 aromatic carbocycles. The average molecular weight is 334 g/mol. The van der Waals surface area contributed by atoms with E-state index in [1.165, 1.54) is 0 Å². The minimum atomic E-state index is -0.112. The lowest BCUT2D eigenvalue weighted by atomic mass is 10.1. The van der Waals surface area contributed by atoms with Crippen molar-refractivity contribution in [2.45, 2.75) is 25.6 Å². The molecule has 128 valence electrons. The van der Waals surface area contributed by atoms with Gasteiger partial charge in [-0.1, -0.05) is 60.7 Å². The predicted octanol–water partition coefficient (Wildman–Crippen LogP) is 4.44. The van der Waals surface area contributed by atoms with Crippen molar-refractivity contribution in [3.63, 3.8) is 0 Å². The second-order valence-electron chi connectivity index (χ2n) is 6.20. The largest absolute Gasteiger partial charge is 0.353 e. The highest BCUT2D eigenvalue weighted by Crippen LogP contribution is 2.30. The van der Waals surface area contributed by atoms with E-state index in [1.54, 1.807) is 0 Å². The molecule has 0 amide bonds. The first-order valence-electron chi connectivity index (χ1n) is 8.83. The molecule has 4 nitrogen and oxygen atoms in total. The molecule has 4 heteroatoms. The van der Waals surface area contributed by atoms with Crippen LogP contribution in [0, 0.1) is 0 Å². The van der Waals surface area contributed by atoms with Crippen LogP contribution in [0.3, 0.4) is 0 Å². The van der Waals surface area contributed by atoms with E-state index in [9.17, 15) is 0 Å². The molecule has 0 bridgehead atoms. The summed E-state index contributed by atoms with van der Waals surface area (Å²) in [6.07, 6.45) is 2.49. The van der Waals surface area contributed by atoms with Gasteiger partial charge in [0.25, 0.3) is 0 Å². The van der Waals surface area contributed by atoms with Crippen LogP contribution in [0.1, 0.15) is 18.7 Å². The molecule has 0 spiro atoms. The first-order valence-corrected chi connectivity index (χ1v) is 8.83. The molecule has 1 saturated heterocycles. The minimum absolute atomic E-state index is 0.112. The maximum Gasteiger partial charge on any atom is 0.158 e. The Balaban J connectivity index is 1.61. The van der Waals surface area contributed by atoms with Gasteiger partial charge in [0.1, 0.15) is 5.82 Å². The normalized spacial score (nSPS) is 15.4. The van der Waals surface area contributed by atoms with E-state index >= 15 is 0 Å². The smallest absolute Gasteiger partial charge is 0.158 e. The Hall–Kier alpha value is -2.43. The molecule has 1 aliphatic rings. The van der Waals surface area contributed by atoms with Crippen LogP contribution in [0.25, 0.3) is 22.5 Å². The van der Waals surface area contributed by atoms with Gasteiger partial charge in [-0.25, -0.2) is 4.98 Å². The van der Waals surface area contributed by atoms with E-state index in [1.807, 2.05) is 36.4 Å². The van der Waals surface area contributed by atoms with Crippen molar-refractivity contribution in [3.05, 3.63) is 66.5 Å². The molecule has 0 aliphatic carbocycles. The van der Waals surface area contributed by atoms with Gasteiger partial charge in [-0.3, -0.25) is 0 Å². The Morgan fingerprint density at radius 2 is 1.52 bits per heavy atom. The molecule has 0 radical (unpaired) electrons. The van der Waals surface area contributed by atoms with Crippen LogP contribution in [-0.2, 0) is 15.9 Å². The number of aryl methyl sites for hydroxylation is 1. The highest BCUT2D eigenvalue weighted by Gasteiger charge is 2.17. The predicted molar refractivity (Wildman–Crippen MR) is 98.1 cm³/mol. The summed E-state index contributed by atoms with van der Waals surface area (Å²) in [7, 11) is 0. The fourth-order valence-electron chi connectivity index (χ4n) is 3.12. The number of nitrogens with one attached hydrogen (secondary N) is 1. The van der Waals surface area contributed by atoms with Crippen molar-refractivity contribution in [1.82, 2.24) is 9.97 Å². The summed E-state index contributed by atoms with van der Waals surface area (Å²) in [5.41, 5.74) is 4.32. The molecule has 1 aliphatic heterocycles. The number of benzene rings is 2. The van der Waals surface area contributed by atoms with Gasteiger partial charge in [0.05, 0.1) is 24.6 Å². The van der Waals surface area contributed by atoms with Crippen LogP contribution in [0.4, 0.5) is 0 Å². The third kappa shape index (κ3) is 3.81. The van der Waals surface area contributed by atoms with E-state index in [4.69, 9.17) is 14.5 Å². The molecule has 1 aromatic heterocycles. The van der Waals surface area contributed by atoms with Gasteiger partial charge in [-0.15, -0.1) is 0 Å². The molecule has 25 heavy (non-hydrogen) atoms. The highest BCUT2D eigenvalue weighted by atomic mass is 16.7. The van der Waals surface area contributed by atoms with Crippen LogP contribution < -0.4 is 0 Å². The van der Waals surface area contributed by atoms with Crippen LogP contribution in [0.5, 0.6) is 0 Å². The van der Waals surface area contributed by atoms with E-state index in [2.05, 4.69) is 29.2 Å². The molecule has 0 unspecified atom stereocenters. The van der Waals surface area contributed by atoms with E-state index in [-0.39, 0.29) is 6.29 Å². The molecule has 4 rings (SSSR count). The second kappa shape index (κ2) is 7.64. The Bertz CT molecular complexity index is 736. The van der Waals surface area contributed by atoms with E-state index in [0.29, 0.717) is 0 Å². The number of nitrogens with zero attached hydrogens (tertiary/aromatic N) is 1. The van der Waals surface area contributed by atoms with Gasteiger partial charge < -0.3 is 14.5 Å². The Kier molecular flexibility index (Phi) is 4.91. The van der Waals surface area contributed by atoms with Crippen molar-refractivity contribution in [2.75, 3.05) is 13.2 Å². The first-order chi connectivity index (χ1) is 12.4.